The third kappa shape index (κ3) is 6.94. The van der Waals surface area contributed by atoms with E-state index in [1.807, 2.05) is 0 Å². The largest absolute Gasteiger partial charge is 0.469 e. The third-order valence-corrected chi connectivity index (χ3v) is 5.49. The van der Waals surface area contributed by atoms with E-state index >= 15 is 0 Å². The quantitative estimate of drug-likeness (QED) is 0.346. The molecule has 0 unspecified atom stereocenters. The van der Waals surface area contributed by atoms with Gasteiger partial charge in [0.2, 0.25) is 11.0 Å². The van der Waals surface area contributed by atoms with Crippen molar-refractivity contribution in [3.8, 4) is 0 Å². The van der Waals surface area contributed by atoms with Gasteiger partial charge in [-0.05, 0) is 0 Å². The molecule has 12 heteroatoms. The number of methoxy groups -OCH3 is 2. The molecule has 9 nitrogen and oxygen atoms in total. The minimum absolute atomic E-state index is 0.0846. The van der Waals surface area contributed by atoms with Crippen molar-refractivity contribution in [2.24, 2.45) is 0 Å². The Morgan fingerprint density at radius 3 is 2.88 bits per heavy atom. The molecule has 0 aromatic carbocycles. The lowest BCUT2D eigenvalue weighted by atomic mass is 10.3. The molecular formula is C13H17N5O4S3. The van der Waals surface area contributed by atoms with Crippen molar-refractivity contribution in [1.82, 2.24) is 15.2 Å². The number of thioether (sulfide) groups is 1. The number of rotatable bonds is 10. The number of aromatic nitrogens is 3. The van der Waals surface area contributed by atoms with Crippen LogP contribution in [0.25, 0.3) is 0 Å². The average molecular weight is 404 g/mol. The van der Waals surface area contributed by atoms with Crippen LogP contribution in [-0.2, 0) is 25.5 Å². The Hall–Kier alpha value is -1.76. The minimum Gasteiger partial charge on any atom is -0.469 e. The van der Waals surface area contributed by atoms with E-state index < -0.39 is 0 Å². The fourth-order valence-electron chi connectivity index (χ4n) is 1.55. The van der Waals surface area contributed by atoms with E-state index in [0.717, 1.165) is 0 Å². The van der Waals surface area contributed by atoms with Crippen LogP contribution in [0.1, 0.15) is 5.69 Å². The summed E-state index contributed by atoms with van der Waals surface area (Å²) in [6, 6.07) is 0. The highest BCUT2D eigenvalue weighted by Crippen LogP contribution is 2.25. The summed E-state index contributed by atoms with van der Waals surface area (Å²) in [5.41, 5.74) is 0.565. The van der Waals surface area contributed by atoms with E-state index in [4.69, 9.17) is 4.74 Å². The second-order valence-corrected chi connectivity index (χ2v) is 7.58. The van der Waals surface area contributed by atoms with Gasteiger partial charge in [0.1, 0.15) is 0 Å². The molecule has 2 rings (SSSR count). The molecule has 0 bridgehead atoms. The molecule has 2 N–H and O–H groups in total. The number of amides is 1. The van der Waals surface area contributed by atoms with Gasteiger partial charge in [0.05, 0.1) is 31.6 Å². The fraction of sp³-hybridized carbons (Fsp3) is 0.462. The van der Waals surface area contributed by atoms with E-state index in [9.17, 15) is 9.59 Å². The van der Waals surface area contributed by atoms with Crippen molar-refractivity contribution < 1.29 is 19.1 Å². The van der Waals surface area contributed by atoms with Crippen molar-refractivity contribution in [3.63, 3.8) is 0 Å². The van der Waals surface area contributed by atoms with Crippen molar-refractivity contribution in [2.45, 2.75) is 10.8 Å². The molecule has 0 atom stereocenters. The fourth-order valence-corrected chi connectivity index (χ4v) is 3.85. The summed E-state index contributed by atoms with van der Waals surface area (Å²) in [5, 5.41) is 16.6. The highest BCUT2D eigenvalue weighted by molar-refractivity contribution is 8.01. The molecule has 0 fully saturated rings. The zero-order chi connectivity index (χ0) is 18.1. The molecule has 1 amide bonds. The highest BCUT2D eigenvalue weighted by Gasteiger charge is 2.12. The van der Waals surface area contributed by atoms with Crippen molar-refractivity contribution >= 4 is 56.6 Å². The summed E-state index contributed by atoms with van der Waals surface area (Å²) < 4.78 is 10.2. The van der Waals surface area contributed by atoms with Crippen LogP contribution >= 0.6 is 34.4 Å². The van der Waals surface area contributed by atoms with Gasteiger partial charge in [-0.15, -0.1) is 21.5 Å². The number of nitrogens with one attached hydrogen (secondary N) is 2. The van der Waals surface area contributed by atoms with Crippen LogP contribution in [0.15, 0.2) is 9.72 Å². The summed E-state index contributed by atoms with van der Waals surface area (Å²) in [6.07, 6.45) is 0.0846. The van der Waals surface area contributed by atoms with E-state index in [1.165, 1.54) is 41.5 Å². The Labute approximate surface area is 156 Å². The van der Waals surface area contributed by atoms with Gasteiger partial charge < -0.3 is 20.1 Å². The number of hydrogen-bond acceptors (Lipinski definition) is 11. The predicted molar refractivity (Wildman–Crippen MR) is 97.5 cm³/mol. The van der Waals surface area contributed by atoms with Gasteiger partial charge in [0.15, 0.2) is 9.47 Å². The molecule has 0 aliphatic heterocycles. The lowest BCUT2D eigenvalue weighted by Crippen LogP contribution is -2.14. The van der Waals surface area contributed by atoms with Crippen molar-refractivity contribution in [2.75, 3.05) is 43.8 Å². The van der Waals surface area contributed by atoms with Crippen LogP contribution in [-0.4, -0.2) is 60.2 Å². The Morgan fingerprint density at radius 1 is 1.28 bits per heavy atom. The highest BCUT2D eigenvalue weighted by atomic mass is 32.2. The molecule has 25 heavy (non-hydrogen) atoms. The third-order valence-electron chi connectivity index (χ3n) is 2.67. The molecule has 0 saturated carbocycles. The number of esters is 1. The van der Waals surface area contributed by atoms with Gasteiger partial charge >= 0.3 is 5.97 Å². The Bertz CT molecular complexity index is 705. The van der Waals surface area contributed by atoms with Crippen LogP contribution in [0.4, 0.5) is 10.3 Å². The second kappa shape index (κ2) is 10.3. The number of carbonyl (C=O) groups excluding carboxylic acids is 2. The smallest absolute Gasteiger partial charge is 0.311 e. The van der Waals surface area contributed by atoms with Crippen molar-refractivity contribution in [1.29, 1.82) is 0 Å². The van der Waals surface area contributed by atoms with Gasteiger partial charge in [-0.1, -0.05) is 23.1 Å². The molecule has 136 valence electrons. The average Bonchev–Trinajstić information content (AvgIpc) is 3.22. The lowest BCUT2D eigenvalue weighted by molar-refractivity contribution is -0.139. The molecule has 2 aromatic rings. The van der Waals surface area contributed by atoms with Gasteiger partial charge in [-0.2, -0.15) is 0 Å². The number of thiazole rings is 1. The summed E-state index contributed by atoms with van der Waals surface area (Å²) in [5.74, 6) is -0.378. The first kappa shape index (κ1) is 19.6. The first-order chi connectivity index (χ1) is 12.1. The number of anilines is 2. The maximum absolute atomic E-state index is 12.0. The maximum Gasteiger partial charge on any atom is 0.311 e. The maximum atomic E-state index is 12.0. The first-order valence-electron chi connectivity index (χ1n) is 7.11. The molecular weight excluding hydrogens is 386 g/mol. The number of ether oxygens (including phenoxy) is 2. The van der Waals surface area contributed by atoms with E-state index in [2.05, 4.69) is 30.6 Å². The monoisotopic (exact) mass is 403 g/mol. The molecule has 0 saturated heterocycles. The van der Waals surface area contributed by atoms with E-state index in [1.54, 1.807) is 12.5 Å². The number of carbonyl (C=O) groups is 2. The summed E-state index contributed by atoms with van der Waals surface area (Å²) in [4.78, 5) is 27.3. The summed E-state index contributed by atoms with van der Waals surface area (Å²) in [6.45, 7) is 1.23. The van der Waals surface area contributed by atoms with Crippen molar-refractivity contribution in [3.05, 3.63) is 11.1 Å². The topological polar surface area (TPSA) is 115 Å². The van der Waals surface area contributed by atoms with E-state index in [0.29, 0.717) is 33.4 Å². The lowest BCUT2D eigenvalue weighted by Gasteiger charge is -2.00. The standard InChI is InChI=1S/C13H17N5O4S3/c1-21-4-3-14-11-17-18-13(25-11)24-7-9(19)16-12-15-8(6-23-12)5-10(20)22-2/h6H,3-5,7H2,1-2H3,(H,14,17)(H,15,16,19). The molecule has 2 heterocycles. The van der Waals surface area contributed by atoms with Gasteiger partial charge in [-0.3, -0.25) is 9.59 Å². The molecule has 0 aliphatic rings. The van der Waals surface area contributed by atoms with Crippen LogP contribution in [0, 0.1) is 0 Å². The number of hydrogen-bond donors (Lipinski definition) is 2. The van der Waals surface area contributed by atoms with Gasteiger partial charge in [0.25, 0.3) is 0 Å². The van der Waals surface area contributed by atoms with E-state index in [-0.39, 0.29) is 24.1 Å². The molecule has 0 aliphatic carbocycles. The van der Waals surface area contributed by atoms with Crippen LogP contribution in [0.2, 0.25) is 0 Å². The molecule has 0 spiro atoms. The minimum atomic E-state index is -0.370. The summed E-state index contributed by atoms with van der Waals surface area (Å²) >= 11 is 3.93. The zero-order valence-electron chi connectivity index (χ0n) is 13.6. The predicted octanol–water partition coefficient (Wildman–Crippen LogP) is 1.50. The molecule has 0 radical (unpaired) electrons. The Morgan fingerprint density at radius 2 is 2.12 bits per heavy atom. The normalized spacial score (nSPS) is 10.5. The first-order valence-corrected chi connectivity index (χ1v) is 9.79. The Kier molecular flexibility index (Phi) is 8.04. The van der Waals surface area contributed by atoms with Crippen LogP contribution in [0.3, 0.4) is 0 Å². The molecule has 2 aromatic heterocycles. The number of nitrogens with zero attached hydrogens (tertiary/aromatic N) is 3. The van der Waals surface area contributed by atoms with Gasteiger partial charge in [-0.25, -0.2) is 4.98 Å². The SMILES string of the molecule is COCCNc1nnc(SCC(=O)Nc2nc(CC(=O)OC)cs2)s1. The Balaban J connectivity index is 1.74. The second-order valence-electron chi connectivity index (χ2n) is 4.53. The van der Waals surface area contributed by atoms with Gasteiger partial charge in [0, 0.05) is 19.0 Å². The van der Waals surface area contributed by atoms with Crippen LogP contribution < -0.4 is 10.6 Å². The zero-order valence-corrected chi connectivity index (χ0v) is 16.1. The van der Waals surface area contributed by atoms with Crippen LogP contribution in [0.5, 0.6) is 0 Å². The summed E-state index contributed by atoms with van der Waals surface area (Å²) in [7, 11) is 2.95.